The zero-order valence-corrected chi connectivity index (χ0v) is 8.25. The summed E-state index contributed by atoms with van der Waals surface area (Å²) >= 11 is 0. The van der Waals surface area contributed by atoms with Crippen LogP contribution in [0.1, 0.15) is 0 Å². The molecule has 8 nitrogen and oxygen atoms in total. The number of aliphatic hydroxyl groups is 8. The molecule has 0 fully saturated rings. The van der Waals surface area contributed by atoms with Crippen LogP contribution in [0.5, 0.6) is 0 Å². The van der Waals surface area contributed by atoms with Gasteiger partial charge in [-0.05, 0) is 0 Å². The SMILES string of the molecule is O/C=C(\O)[C@H](O)[C@@H](O)[C@H](O)[C@H](O)C(O)CO. The van der Waals surface area contributed by atoms with Gasteiger partial charge in [-0.25, -0.2) is 0 Å². The zero-order valence-electron chi connectivity index (χ0n) is 8.25. The number of rotatable bonds is 6. The van der Waals surface area contributed by atoms with Crippen LogP contribution in [0.25, 0.3) is 0 Å². The van der Waals surface area contributed by atoms with Crippen molar-refractivity contribution >= 4 is 0 Å². The van der Waals surface area contributed by atoms with E-state index in [1.807, 2.05) is 0 Å². The smallest absolute Gasteiger partial charge is 0.158 e. The van der Waals surface area contributed by atoms with Gasteiger partial charge >= 0.3 is 0 Å². The first-order chi connectivity index (χ1) is 7.36. The van der Waals surface area contributed by atoms with Crippen LogP contribution in [0.2, 0.25) is 0 Å². The molecule has 0 saturated heterocycles. The van der Waals surface area contributed by atoms with Gasteiger partial charge in [-0.2, -0.15) is 0 Å². The van der Waals surface area contributed by atoms with Gasteiger partial charge in [-0.1, -0.05) is 0 Å². The van der Waals surface area contributed by atoms with E-state index >= 15 is 0 Å². The summed E-state index contributed by atoms with van der Waals surface area (Å²) in [7, 11) is 0. The summed E-state index contributed by atoms with van der Waals surface area (Å²) in [5, 5.41) is 71.3. The lowest BCUT2D eigenvalue weighted by molar-refractivity contribution is -0.138. The Morgan fingerprint density at radius 2 is 1.44 bits per heavy atom. The molecule has 0 aliphatic carbocycles. The van der Waals surface area contributed by atoms with Crippen LogP contribution in [0.3, 0.4) is 0 Å². The number of hydrogen-bond acceptors (Lipinski definition) is 8. The molecule has 8 heteroatoms. The van der Waals surface area contributed by atoms with Crippen LogP contribution in [-0.2, 0) is 0 Å². The third-order valence-corrected chi connectivity index (χ3v) is 2.04. The van der Waals surface area contributed by atoms with Gasteiger partial charge in [0.25, 0.3) is 0 Å². The Balaban J connectivity index is 4.54. The summed E-state index contributed by atoms with van der Waals surface area (Å²) in [6.07, 6.45) is -9.60. The molecule has 0 radical (unpaired) electrons. The van der Waals surface area contributed by atoms with E-state index in [1.165, 1.54) is 0 Å². The highest BCUT2D eigenvalue weighted by molar-refractivity contribution is 4.99. The normalized spacial score (nSPS) is 22.2. The molecule has 0 spiro atoms. The Morgan fingerprint density at radius 3 is 1.81 bits per heavy atom. The van der Waals surface area contributed by atoms with Gasteiger partial charge in [0.15, 0.2) is 5.76 Å². The Labute approximate surface area is 91.0 Å². The maximum Gasteiger partial charge on any atom is 0.158 e. The Kier molecular flexibility index (Phi) is 6.26. The molecule has 16 heavy (non-hydrogen) atoms. The lowest BCUT2D eigenvalue weighted by Crippen LogP contribution is -2.50. The topological polar surface area (TPSA) is 162 Å². The first-order valence-corrected chi connectivity index (χ1v) is 4.41. The largest absolute Gasteiger partial charge is 0.512 e. The fourth-order valence-corrected chi connectivity index (χ4v) is 0.976. The maximum absolute atomic E-state index is 9.25. The predicted molar refractivity (Wildman–Crippen MR) is 50.5 cm³/mol. The van der Waals surface area contributed by atoms with Crippen molar-refractivity contribution in [3.05, 3.63) is 12.0 Å². The lowest BCUT2D eigenvalue weighted by atomic mass is 9.99. The van der Waals surface area contributed by atoms with Crippen LogP contribution in [0.15, 0.2) is 12.0 Å². The van der Waals surface area contributed by atoms with Gasteiger partial charge in [-0.3, -0.25) is 0 Å². The lowest BCUT2D eigenvalue weighted by Gasteiger charge is -2.27. The number of hydrogen-bond donors (Lipinski definition) is 8. The summed E-state index contributed by atoms with van der Waals surface area (Å²) < 4.78 is 0. The Bertz CT molecular complexity index is 230. The van der Waals surface area contributed by atoms with Crippen LogP contribution in [0, 0.1) is 0 Å². The molecule has 0 amide bonds. The van der Waals surface area contributed by atoms with E-state index in [9.17, 15) is 10.2 Å². The zero-order chi connectivity index (χ0) is 12.9. The van der Waals surface area contributed by atoms with E-state index < -0.39 is 42.9 Å². The van der Waals surface area contributed by atoms with Crippen LogP contribution in [-0.4, -0.2) is 78.0 Å². The second-order valence-corrected chi connectivity index (χ2v) is 3.22. The maximum atomic E-state index is 9.25. The highest BCUT2D eigenvalue weighted by atomic mass is 16.4. The van der Waals surface area contributed by atoms with E-state index in [4.69, 9.17) is 30.6 Å². The molecule has 0 aliphatic rings. The highest BCUT2D eigenvalue weighted by Crippen LogP contribution is 2.12. The minimum absolute atomic E-state index is 0.107. The van der Waals surface area contributed by atoms with Crippen molar-refractivity contribution in [3.63, 3.8) is 0 Å². The molecule has 0 saturated carbocycles. The van der Waals surface area contributed by atoms with Crippen LogP contribution < -0.4 is 0 Å². The summed E-state index contributed by atoms with van der Waals surface area (Å²) in [6.45, 7) is -0.858. The molecule has 96 valence electrons. The highest BCUT2D eigenvalue weighted by Gasteiger charge is 2.35. The van der Waals surface area contributed by atoms with E-state index in [0.29, 0.717) is 0 Å². The van der Waals surface area contributed by atoms with Crippen molar-refractivity contribution in [2.24, 2.45) is 0 Å². The third kappa shape index (κ3) is 3.59. The first-order valence-electron chi connectivity index (χ1n) is 4.41. The minimum Gasteiger partial charge on any atom is -0.512 e. The van der Waals surface area contributed by atoms with Gasteiger partial charge in [0, 0.05) is 0 Å². The average molecular weight is 240 g/mol. The molecule has 0 aromatic rings. The van der Waals surface area contributed by atoms with E-state index in [0.717, 1.165) is 0 Å². The third-order valence-electron chi connectivity index (χ3n) is 2.04. The summed E-state index contributed by atoms with van der Waals surface area (Å²) in [5.41, 5.74) is 0. The minimum atomic E-state index is -2.04. The molecule has 0 aliphatic heterocycles. The van der Waals surface area contributed by atoms with Crippen molar-refractivity contribution in [3.8, 4) is 0 Å². The van der Waals surface area contributed by atoms with Gasteiger partial charge in [0.1, 0.15) is 36.8 Å². The van der Waals surface area contributed by atoms with Crippen molar-refractivity contribution in [2.75, 3.05) is 6.61 Å². The summed E-state index contributed by atoms with van der Waals surface area (Å²) in [5.74, 6) is -1.02. The summed E-state index contributed by atoms with van der Waals surface area (Å²) in [4.78, 5) is 0. The van der Waals surface area contributed by atoms with Crippen LogP contribution >= 0.6 is 0 Å². The molecular formula is C8H16O8. The van der Waals surface area contributed by atoms with Crippen LogP contribution in [0.4, 0.5) is 0 Å². The molecule has 0 heterocycles. The fourth-order valence-electron chi connectivity index (χ4n) is 0.976. The van der Waals surface area contributed by atoms with Gasteiger partial charge in [0.05, 0.1) is 6.61 Å². The predicted octanol–water partition coefficient (Wildman–Crippen LogP) is -3.26. The molecule has 0 rings (SSSR count). The molecule has 5 atom stereocenters. The monoisotopic (exact) mass is 240 g/mol. The Morgan fingerprint density at radius 1 is 0.938 bits per heavy atom. The average Bonchev–Trinajstić information content (AvgIpc) is 2.32. The number of aliphatic hydroxyl groups excluding tert-OH is 8. The molecule has 8 N–H and O–H groups in total. The van der Waals surface area contributed by atoms with Crippen molar-refractivity contribution in [1.82, 2.24) is 0 Å². The second-order valence-electron chi connectivity index (χ2n) is 3.22. The fraction of sp³-hybridized carbons (Fsp3) is 0.750. The van der Waals surface area contributed by atoms with Crippen molar-refractivity contribution < 1.29 is 40.9 Å². The quantitative estimate of drug-likeness (QED) is 0.224. The van der Waals surface area contributed by atoms with Gasteiger partial charge in [-0.15, -0.1) is 0 Å². The van der Waals surface area contributed by atoms with Gasteiger partial charge in [0.2, 0.25) is 0 Å². The molecule has 0 aromatic heterocycles. The molecule has 0 aromatic carbocycles. The molecule has 0 bridgehead atoms. The van der Waals surface area contributed by atoms with Gasteiger partial charge < -0.3 is 40.9 Å². The first kappa shape index (κ1) is 15.1. The van der Waals surface area contributed by atoms with E-state index in [1.54, 1.807) is 0 Å². The summed E-state index contributed by atoms with van der Waals surface area (Å²) in [6, 6.07) is 0. The van der Waals surface area contributed by atoms with E-state index in [2.05, 4.69) is 0 Å². The molecule has 1 unspecified atom stereocenters. The molecular weight excluding hydrogens is 224 g/mol. The Hall–Kier alpha value is -0.900. The van der Waals surface area contributed by atoms with Crippen molar-refractivity contribution in [1.29, 1.82) is 0 Å². The second kappa shape index (κ2) is 6.63. The van der Waals surface area contributed by atoms with Crippen molar-refractivity contribution in [2.45, 2.75) is 30.5 Å². The standard InChI is InChI=1S/C8H16O8/c9-1-3(11)5(13)7(15)8(16)6(14)4(12)2-10/h1,4-16H,2H2/b3-1-/t4?,5-,6+,7+,8+/m0/s1. The van der Waals surface area contributed by atoms with E-state index in [-0.39, 0.29) is 6.26 Å².